The lowest BCUT2D eigenvalue weighted by Gasteiger charge is -2.27. The monoisotopic (exact) mass is 463 g/mol. The number of aromatic nitrogens is 4. The number of aliphatic hydroxyl groups excluding tert-OH is 1. The summed E-state index contributed by atoms with van der Waals surface area (Å²) in [6, 6.07) is 9.74. The Kier molecular flexibility index (Phi) is 6.28. The fraction of sp³-hybridized carbons (Fsp3) is 0.400. The molecule has 1 aromatic carbocycles. The number of benzene rings is 1. The van der Waals surface area contributed by atoms with Gasteiger partial charge in [-0.2, -0.15) is 0 Å². The van der Waals surface area contributed by atoms with Crippen LogP contribution in [-0.2, 0) is 6.42 Å². The molecule has 5 rings (SSSR count). The molecule has 8 heteroatoms. The molecule has 3 N–H and O–H groups in total. The molecule has 0 aliphatic heterocycles. The third-order valence-electron chi connectivity index (χ3n) is 6.08. The number of hydrogen-bond donors (Lipinski definition) is 3. The van der Waals surface area contributed by atoms with Gasteiger partial charge in [0.25, 0.3) is 0 Å². The molecule has 0 radical (unpaired) electrons. The van der Waals surface area contributed by atoms with E-state index in [1.54, 1.807) is 17.5 Å². The zero-order chi connectivity index (χ0) is 22.8. The van der Waals surface area contributed by atoms with Gasteiger partial charge in [0.05, 0.1) is 28.1 Å². The number of rotatable bonds is 7. The molecule has 1 aliphatic carbocycles. The van der Waals surface area contributed by atoms with Gasteiger partial charge in [-0.15, -0.1) is 0 Å². The predicted molar refractivity (Wildman–Crippen MR) is 132 cm³/mol. The Morgan fingerprint density at radius 1 is 1.15 bits per heavy atom. The van der Waals surface area contributed by atoms with Gasteiger partial charge in [-0.25, -0.2) is 9.97 Å². The maximum atomic E-state index is 10.2. The maximum Gasteiger partial charge on any atom is 0.184 e. The molecule has 3 heterocycles. The standard InChI is InChI=1S/C25H29N5O2S/c1-3-6-18-15(2)27-24(28-18)21-13-17(11-12-26-21)32-16-9-10-20-23(14-16)33-25(30-20)29-19-7-4-5-8-22(19)31/h9-14,19,22,31H,3-8H2,1-2H3,(H,27,28)(H,29,30)/t19-,22-/m1/s1. The Morgan fingerprint density at radius 3 is 2.85 bits per heavy atom. The second kappa shape index (κ2) is 9.49. The predicted octanol–water partition coefficient (Wildman–Crippen LogP) is 5.85. The second-order valence-electron chi connectivity index (χ2n) is 8.64. The minimum absolute atomic E-state index is 0.0772. The van der Waals surface area contributed by atoms with E-state index >= 15 is 0 Å². The number of fused-ring (bicyclic) bond motifs is 1. The summed E-state index contributed by atoms with van der Waals surface area (Å²) in [5, 5.41) is 14.5. The van der Waals surface area contributed by atoms with Crippen LogP contribution in [0.15, 0.2) is 36.5 Å². The van der Waals surface area contributed by atoms with E-state index in [-0.39, 0.29) is 12.1 Å². The molecule has 1 fully saturated rings. The first-order valence-corrected chi connectivity index (χ1v) is 12.5. The molecule has 33 heavy (non-hydrogen) atoms. The van der Waals surface area contributed by atoms with Crippen LogP contribution in [0.5, 0.6) is 11.5 Å². The van der Waals surface area contributed by atoms with Gasteiger partial charge in [-0.05, 0) is 44.4 Å². The molecule has 0 spiro atoms. The highest BCUT2D eigenvalue weighted by atomic mass is 32.1. The van der Waals surface area contributed by atoms with Crippen LogP contribution >= 0.6 is 11.3 Å². The zero-order valence-electron chi connectivity index (χ0n) is 19.0. The Morgan fingerprint density at radius 2 is 2.00 bits per heavy atom. The highest BCUT2D eigenvalue weighted by molar-refractivity contribution is 7.22. The third kappa shape index (κ3) is 4.86. The number of aryl methyl sites for hydroxylation is 2. The summed E-state index contributed by atoms with van der Waals surface area (Å²) >= 11 is 1.59. The summed E-state index contributed by atoms with van der Waals surface area (Å²) in [7, 11) is 0. The van der Waals surface area contributed by atoms with E-state index in [4.69, 9.17) is 9.72 Å². The number of ether oxygens (including phenoxy) is 1. The number of hydrogen-bond acceptors (Lipinski definition) is 7. The summed E-state index contributed by atoms with van der Waals surface area (Å²) < 4.78 is 7.19. The van der Waals surface area contributed by atoms with Crippen LogP contribution in [-0.4, -0.2) is 37.2 Å². The van der Waals surface area contributed by atoms with E-state index in [9.17, 15) is 5.11 Å². The molecule has 0 bridgehead atoms. The molecule has 3 aromatic heterocycles. The fourth-order valence-electron chi connectivity index (χ4n) is 4.31. The van der Waals surface area contributed by atoms with Crippen molar-refractivity contribution in [2.75, 3.05) is 5.32 Å². The number of anilines is 1. The first-order valence-electron chi connectivity index (χ1n) is 11.6. The van der Waals surface area contributed by atoms with Gasteiger partial charge in [0.15, 0.2) is 11.0 Å². The summed E-state index contributed by atoms with van der Waals surface area (Å²) in [4.78, 5) is 17.2. The van der Waals surface area contributed by atoms with E-state index in [1.165, 1.54) is 0 Å². The van der Waals surface area contributed by atoms with Crippen LogP contribution in [0.2, 0.25) is 0 Å². The van der Waals surface area contributed by atoms with Crippen molar-refractivity contribution in [2.45, 2.75) is 64.5 Å². The lowest BCUT2D eigenvalue weighted by molar-refractivity contribution is 0.116. The lowest BCUT2D eigenvalue weighted by Crippen LogP contribution is -2.36. The number of H-pyrrole nitrogens is 1. The minimum Gasteiger partial charge on any atom is -0.457 e. The highest BCUT2D eigenvalue weighted by Crippen LogP contribution is 2.33. The topological polar surface area (TPSA) is 96.0 Å². The van der Waals surface area contributed by atoms with Crippen molar-refractivity contribution in [3.05, 3.63) is 47.9 Å². The van der Waals surface area contributed by atoms with E-state index in [0.29, 0.717) is 5.75 Å². The number of thiazole rings is 1. The first kappa shape index (κ1) is 21.9. The van der Waals surface area contributed by atoms with Crippen molar-refractivity contribution < 1.29 is 9.84 Å². The Bertz CT molecular complexity index is 1250. The largest absolute Gasteiger partial charge is 0.457 e. The molecule has 4 aromatic rings. The Hall–Kier alpha value is -2.97. The SMILES string of the molecule is CCCc1nc(-c2cc(Oc3ccc4nc(N[C@@H]5CCCC[C@H]5O)sc4c3)ccn2)[nH]c1C. The molecule has 2 atom stereocenters. The van der Waals surface area contributed by atoms with Crippen molar-refractivity contribution in [1.82, 2.24) is 19.9 Å². The van der Waals surface area contributed by atoms with Crippen LogP contribution in [0.3, 0.4) is 0 Å². The van der Waals surface area contributed by atoms with Gasteiger partial charge in [-0.1, -0.05) is 37.5 Å². The van der Waals surface area contributed by atoms with Crippen molar-refractivity contribution >= 4 is 26.7 Å². The maximum absolute atomic E-state index is 10.2. The number of pyridine rings is 1. The molecule has 172 valence electrons. The number of aliphatic hydroxyl groups is 1. The van der Waals surface area contributed by atoms with Crippen LogP contribution < -0.4 is 10.1 Å². The normalized spacial score (nSPS) is 18.5. The molecule has 0 amide bonds. The Balaban J connectivity index is 1.33. The highest BCUT2D eigenvalue weighted by Gasteiger charge is 2.23. The van der Waals surface area contributed by atoms with Crippen molar-refractivity contribution in [1.29, 1.82) is 0 Å². The number of nitrogens with zero attached hydrogens (tertiary/aromatic N) is 3. The molecule has 1 saturated carbocycles. The Labute approximate surface area is 197 Å². The molecule has 0 saturated heterocycles. The first-order chi connectivity index (χ1) is 16.1. The molecule has 7 nitrogen and oxygen atoms in total. The van der Waals surface area contributed by atoms with Crippen molar-refractivity contribution in [3.8, 4) is 23.0 Å². The van der Waals surface area contributed by atoms with Crippen molar-refractivity contribution in [3.63, 3.8) is 0 Å². The van der Waals surface area contributed by atoms with Gasteiger partial charge in [0, 0.05) is 24.0 Å². The van der Waals surface area contributed by atoms with Crippen LogP contribution in [0.4, 0.5) is 5.13 Å². The average molecular weight is 464 g/mol. The van der Waals surface area contributed by atoms with Gasteiger partial charge >= 0.3 is 0 Å². The van der Waals surface area contributed by atoms with E-state index in [0.717, 1.165) is 82.5 Å². The zero-order valence-corrected chi connectivity index (χ0v) is 19.8. The fourth-order valence-corrected chi connectivity index (χ4v) is 5.26. The summed E-state index contributed by atoms with van der Waals surface area (Å²) in [6.07, 6.45) is 7.51. The smallest absolute Gasteiger partial charge is 0.184 e. The minimum atomic E-state index is -0.304. The second-order valence-corrected chi connectivity index (χ2v) is 9.67. The number of aromatic amines is 1. The summed E-state index contributed by atoms with van der Waals surface area (Å²) in [5.41, 5.74) is 3.85. The van der Waals surface area contributed by atoms with Gasteiger partial charge in [0.2, 0.25) is 0 Å². The summed E-state index contributed by atoms with van der Waals surface area (Å²) in [6.45, 7) is 4.20. The quantitative estimate of drug-likeness (QED) is 0.318. The third-order valence-corrected chi connectivity index (χ3v) is 7.03. The van der Waals surface area contributed by atoms with Crippen LogP contribution in [0.25, 0.3) is 21.7 Å². The van der Waals surface area contributed by atoms with Crippen molar-refractivity contribution in [2.24, 2.45) is 0 Å². The van der Waals surface area contributed by atoms with E-state index in [1.807, 2.05) is 37.3 Å². The van der Waals surface area contributed by atoms with Crippen LogP contribution in [0.1, 0.15) is 50.4 Å². The number of nitrogens with one attached hydrogen (secondary N) is 2. The van der Waals surface area contributed by atoms with Gasteiger partial charge < -0.3 is 20.1 Å². The molecular weight excluding hydrogens is 434 g/mol. The lowest BCUT2D eigenvalue weighted by atomic mass is 9.93. The molecular formula is C25H29N5O2S. The van der Waals surface area contributed by atoms with Gasteiger partial charge in [0.1, 0.15) is 17.2 Å². The van der Waals surface area contributed by atoms with Gasteiger partial charge in [-0.3, -0.25) is 4.98 Å². The van der Waals surface area contributed by atoms with E-state index in [2.05, 4.69) is 27.2 Å². The molecule has 1 aliphatic rings. The van der Waals surface area contributed by atoms with Crippen LogP contribution in [0, 0.1) is 6.92 Å². The van der Waals surface area contributed by atoms with E-state index < -0.39 is 0 Å². The number of imidazole rings is 1. The summed E-state index contributed by atoms with van der Waals surface area (Å²) in [5.74, 6) is 2.22. The average Bonchev–Trinajstić information content (AvgIpc) is 3.38. The molecule has 0 unspecified atom stereocenters.